The molecule has 0 radical (unpaired) electrons. The van der Waals surface area contributed by atoms with Gasteiger partial charge in [-0.25, -0.2) is 4.79 Å². The standard InChI is InChI=1S/C10H11NO3S2/c1-2-7(15)11-8(10(13)14)9(12)6-4-3-5-16-6/h3-5,8H,2H2,1H3,(H,11,15)(H,13,14)/t8-/m0/s1. The normalized spacial score (nSPS) is 11.8. The average Bonchev–Trinajstić information content (AvgIpc) is 2.77. The van der Waals surface area contributed by atoms with Gasteiger partial charge in [0.05, 0.1) is 9.87 Å². The molecule has 16 heavy (non-hydrogen) atoms. The largest absolute Gasteiger partial charge is 0.479 e. The SMILES string of the molecule is CCC(=S)N[C@H](C(=O)O)C(=O)c1cccs1. The molecule has 1 atom stereocenters. The number of Topliss-reactive ketones (excluding diaryl/α,β-unsaturated/α-hetero) is 1. The summed E-state index contributed by atoms with van der Waals surface area (Å²) in [5.41, 5.74) is 0. The molecule has 4 nitrogen and oxygen atoms in total. The topological polar surface area (TPSA) is 66.4 Å². The second-order valence-electron chi connectivity index (χ2n) is 3.03. The lowest BCUT2D eigenvalue weighted by Crippen LogP contribution is -2.45. The van der Waals surface area contributed by atoms with E-state index < -0.39 is 17.8 Å². The molecule has 86 valence electrons. The Hall–Kier alpha value is -1.27. The Labute approximate surface area is 102 Å². The number of carbonyl (C=O) groups is 2. The van der Waals surface area contributed by atoms with Crippen molar-refractivity contribution in [3.05, 3.63) is 22.4 Å². The Morgan fingerprint density at radius 1 is 1.62 bits per heavy atom. The van der Waals surface area contributed by atoms with Crippen molar-refractivity contribution in [3.8, 4) is 0 Å². The summed E-state index contributed by atoms with van der Waals surface area (Å²) >= 11 is 6.09. The van der Waals surface area contributed by atoms with Crippen LogP contribution in [0.15, 0.2) is 17.5 Å². The molecule has 0 bridgehead atoms. The maximum absolute atomic E-state index is 11.8. The molecular formula is C10H11NO3S2. The first kappa shape index (κ1) is 12.8. The van der Waals surface area contributed by atoms with Crippen LogP contribution in [-0.4, -0.2) is 27.9 Å². The van der Waals surface area contributed by atoms with Crippen LogP contribution in [0, 0.1) is 0 Å². The van der Waals surface area contributed by atoms with Crippen molar-refractivity contribution in [1.82, 2.24) is 5.32 Å². The minimum atomic E-state index is -1.29. The van der Waals surface area contributed by atoms with Crippen LogP contribution in [0.25, 0.3) is 0 Å². The van der Waals surface area contributed by atoms with Crippen LogP contribution in [-0.2, 0) is 4.79 Å². The fourth-order valence-electron chi connectivity index (χ4n) is 1.06. The van der Waals surface area contributed by atoms with Gasteiger partial charge < -0.3 is 10.4 Å². The van der Waals surface area contributed by atoms with E-state index in [1.54, 1.807) is 24.4 Å². The lowest BCUT2D eigenvalue weighted by atomic mass is 10.1. The molecule has 0 saturated heterocycles. The smallest absolute Gasteiger partial charge is 0.334 e. The zero-order valence-electron chi connectivity index (χ0n) is 8.60. The van der Waals surface area contributed by atoms with E-state index in [2.05, 4.69) is 5.32 Å². The Morgan fingerprint density at radius 2 is 2.31 bits per heavy atom. The van der Waals surface area contributed by atoms with Gasteiger partial charge >= 0.3 is 5.97 Å². The van der Waals surface area contributed by atoms with E-state index in [4.69, 9.17) is 17.3 Å². The van der Waals surface area contributed by atoms with Gasteiger partial charge in [-0.15, -0.1) is 11.3 Å². The predicted octanol–water partition coefficient (Wildman–Crippen LogP) is 1.71. The summed E-state index contributed by atoms with van der Waals surface area (Å²) in [7, 11) is 0. The molecule has 0 unspecified atom stereocenters. The molecule has 0 aliphatic heterocycles. The first-order valence-electron chi connectivity index (χ1n) is 4.66. The van der Waals surface area contributed by atoms with Crippen molar-refractivity contribution in [2.45, 2.75) is 19.4 Å². The zero-order chi connectivity index (χ0) is 12.1. The van der Waals surface area contributed by atoms with E-state index in [1.165, 1.54) is 11.3 Å². The molecule has 1 aromatic heterocycles. The maximum Gasteiger partial charge on any atom is 0.334 e. The molecule has 1 heterocycles. The highest BCUT2D eigenvalue weighted by molar-refractivity contribution is 7.80. The summed E-state index contributed by atoms with van der Waals surface area (Å²) in [5, 5.41) is 13.2. The van der Waals surface area contributed by atoms with Crippen LogP contribution < -0.4 is 5.32 Å². The number of nitrogens with one attached hydrogen (secondary N) is 1. The van der Waals surface area contributed by atoms with Crippen molar-refractivity contribution >= 4 is 40.3 Å². The van der Waals surface area contributed by atoms with E-state index in [0.29, 0.717) is 16.3 Å². The van der Waals surface area contributed by atoms with Crippen molar-refractivity contribution in [1.29, 1.82) is 0 Å². The minimum Gasteiger partial charge on any atom is -0.479 e. The average molecular weight is 257 g/mol. The van der Waals surface area contributed by atoms with Gasteiger partial charge in [-0.05, 0) is 17.9 Å². The van der Waals surface area contributed by atoms with Gasteiger partial charge in [-0.1, -0.05) is 25.2 Å². The van der Waals surface area contributed by atoms with Crippen molar-refractivity contribution in [2.24, 2.45) is 0 Å². The van der Waals surface area contributed by atoms with Gasteiger partial charge in [0.2, 0.25) is 5.78 Å². The van der Waals surface area contributed by atoms with Gasteiger partial charge in [0.15, 0.2) is 6.04 Å². The number of hydrogen-bond donors (Lipinski definition) is 2. The van der Waals surface area contributed by atoms with E-state index in [-0.39, 0.29) is 0 Å². The van der Waals surface area contributed by atoms with Gasteiger partial charge in [-0.2, -0.15) is 0 Å². The molecular weight excluding hydrogens is 246 g/mol. The molecule has 0 aliphatic carbocycles. The lowest BCUT2D eigenvalue weighted by Gasteiger charge is -2.13. The van der Waals surface area contributed by atoms with Gasteiger partial charge in [0.1, 0.15) is 0 Å². The molecule has 0 aliphatic rings. The Bertz CT molecular complexity index is 400. The van der Waals surface area contributed by atoms with E-state index in [9.17, 15) is 9.59 Å². The number of carboxylic acid groups (broad SMARTS) is 1. The lowest BCUT2D eigenvalue weighted by molar-refractivity contribution is -0.137. The third-order valence-corrected chi connectivity index (χ3v) is 3.19. The number of thiocarbonyl (C=S) groups is 1. The quantitative estimate of drug-likeness (QED) is 0.477. The second-order valence-corrected chi connectivity index (χ2v) is 4.47. The Kier molecular flexibility index (Phi) is 4.57. The summed E-state index contributed by atoms with van der Waals surface area (Å²) in [6.07, 6.45) is 0.511. The summed E-state index contributed by atoms with van der Waals surface area (Å²) in [5.74, 6) is -1.67. The minimum absolute atomic E-state index is 0.373. The molecule has 2 N–H and O–H groups in total. The molecule has 1 rings (SSSR count). The third kappa shape index (κ3) is 3.11. The number of carboxylic acids is 1. The zero-order valence-corrected chi connectivity index (χ0v) is 10.2. The summed E-state index contributed by atoms with van der Waals surface area (Å²) in [6, 6.07) is 2.01. The van der Waals surface area contributed by atoms with Crippen molar-refractivity contribution < 1.29 is 14.7 Å². The Morgan fingerprint density at radius 3 is 2.75 bits per heavy atom. The summed E-state index contributed by atoms with van der Waals surface area (Å²) in [6.45, 7) is 1.80. The summed E-state index contributed by atoms with van der Waals surface area (Å²) in [4.78, 5) is 23.5. The molecule has 0 amide bonds. The number of thiophene rings is 1. The molecule has 0 fully saturated rings. The number of ketones is 1. The van der Waals surface area contributed by atoms with Crippen LogP contribution in [0.3, 0.4) is 0 Å². The van der Waals surface area contributed by atoms with Crippen molar-refractivity contribution in [3.63, 3.8) is 0 Å². The van der Waals surface area contributed by atoms with Crippen LogP contribution >= 0.6 is 23.6 Å². The highest BCUT2D eigenvalue weighted by atomic mass is 32.1. The van der Waals surface area contributed by atoms with E-state index in [1.807, 2.05) is 0 Å². The van der Waals surface area contributed by atoms with Gasteiger partial charge in [-0.3, -0.25) is 4.79 Å². The molecule has 0 aromatic carbocycles. The highest BCUT2D eigenvalue weighted by Crippen LogP contribution is 2.11. The van der Waals surface area contributed by atoms with E-state index in [0.717, 1.165) is 0 Å². The Balaban J connectivity index is 2.82. The van der Waals surface area contributed by atoms with E-state index >= 15 is 0 Å². The fourth-order valence-corrected chi connectivity index (χ4v) is 1.88. The van der Waals surface area contributed by atoms with Crippen LogP contribution in [0.5, 0.6) is 0 Å². The van der Waals surface area contributed by atoms with Crippen LogP contribution in [0.2, 0.25) is 0 Å². The van der Waals surface area contributed by atoms with Gasteiger partial charge in [0, 0.05) is 0 Å². The number of carbonyl (C=O) groups excluding carboxylic acids is 1. The third-order valence-electron chi connectivity index (χ3n) is 1.90. The molecule has 0 spiro atoms. The number of rotatable bonds is 5. The molecule has 0 saturated carbocycles. The number of hydrogen-bond acceptors (Lipinski definition) is 4. The monoisotopic (exact) mass is 257 g/mol. The fraction of sp³-hybridized carbons (Fsp3) is 0.300. The first-order valence-corrected chi connectivity index (χ1v) is 5.95. The first-order chi connectivity index (χ1) is 7.56. The second kappa shape index (κ2) is 5.72. The maximum atomic E-state index is 11.8. The van der Waals surface area contributed by atoms with Crippen LogP contribution in [0.4, 0.5) is 0 Å². The predicted molar refractivity (Wildman–Crippen MR) is 66.1 cm³/mol. The highest BCUT2D eigenvalue weighted by Gasteiger charge is 2.28. The number of aliphatic carboxylic acids is 1. The van der Waals surface area contributed by atoms with Crippen LogP contribution in [0.1, 0.15) is 23.0 Å². The van der Waals surface area contributed by atoms with Crippen molar-refractivity contribution in [2.75, 3.05) is 0 Å². The molecule has 1 aromatic rings. The van der Waals surface area contributed by atoms with Gasteiger partial charge in [0.25, 0.3) is 0 Å². The summed E-state index contributed by atoms with van der Waals surface area (Å²) < 4.78 is 0. The molecule has 6 heteroatoms.